The summed E-state index contributed by atoms with van der Waals surface area (Å²) in [5.41, 5.74) is 6.52. The number of aromatic amines is 1. The third-order valence-electron chi connectivity index (χ3n) is 2.35. The number of rotatable bonds is 3. The molecule has 0 unspecified atom stereocenters. The van der Waals surface area contributed by atoms with Crippen molar-refractivity contribution in [2.24, 2.45) is 10.9 Å². The van der Waals surface area contributed by atoms with E-state index in [0.717, 1.165) is 0 Å². The van der Waals surface area contributed by atoms with Crippen LogP contribution in [0.2, 0.25) is 10.0 Å². The Morgan fingerprint density at radius 1 is 1.40 bits per heavy atom. The summed E-state index contributed by atoms with van der Waals surface area (Å²) in [7, 11) is 0. The zero-order valence-corrected chi connectivity index (χ0v) is 11.7. The fourth-order valence-corrected chi connectivity index (χ4v) is 1.86. The molecule has 2 rings (SSSR count). The normalized spacial score (nSPS) is 11.4. The van der Waals surface area contributed by atoms with Crippen LogP contribution in [0.4, 0.5) is 0 Å². The van der Waals surface area contributed by atoms with Gasteiger partial charge in [0.05, 0.1) is 10.7 Å². The van der Waals surface area contributed by atoms with E-state index in [-0.39, 0.29) is 11.5 Å². The molecule has 7 nitrogen and oxygen atoms in total. The maximum atomic E-state index is 11.6. The number of carbonyl (C=O) groups excluding carboxylic acids is 1. The third-order valence-corrected chi connectivity index (χ3v) is 2.90. The minimum Gasteiger partial charge on any atom is -0.380 e. The summed E-state index contributed by atoms with van der Waals surface area (Å²) in [6, 6.07) is 4.66. The summed E-state index contributed by atoms with van der Waals surface area (Å²) in [5.74, 6) is -0.828. The molecule has 1 aromatic carbocycles. The fraction of sp³-hybridized carbons (Fsp3) is 0.0909. The van der Waals surface area contributed by atoms with Gasteiger partial charge in [0.25, 0.3) is 0 Å². The molecule has 0 saturated carbocycles. The molecule has 0 aliphatic rings. The first-order chi connectivity index (χ1) is 9.49. The highest BCUT2D eigenvalue weighted by Gasteiger charge is 2.15. The summed E-state index contributed by atoms with van der Waals surface area (Å²) in [5, 5.41) is 13.9. The van der Waals surface area contributed by atoms with Crippen molar-refractivity contribution in [1.29, 1.82) is 0 Å². The van der Waals surface area contributed by atoms with Crippen LogP contribution in [0, 0.1) is 6.92 Å². The Hall–Kier alpha value is -2.12. The van der Waals surface area contributed by atoms with Gasteiger partial charge >= 0.3 is 5.97 Å². The number of oxime groups is 1. The summed E-state index contributed by atoms with van der Waals surface area (Å²) < 4.78 is 0. The molecule has 0 radical (unpaired) electrons. The number of nitrogens with one attached hydrogen (secondary N) is 1. The molecule has 0 spiro atoms. The quantitative estimate of drug-likeness (QED) is 0.389. The van der Waals surface area contributed by atoms with Gasteiger partial charge in [0.2, 0.25) is 0 Å². The van der Waals surface area contributed by atoms with Crippen LogP contribution in [-0.4, -0.2) is 27.2 Å². The highest BCUT2D eigenvalue weighted by atomic mass is 35.5. The van der Waals surface area contributed by atoms with Crippen molar-refractivity contribution in [3.63, 3.8) is 0 Å². The van der Waals surface area contributed by atoms with Gasteiger partial charge in [-0.15, -0.1) is 5.10 Å². The molecule has 2 aromatic rings. The largest absolute Gasteiger partial charge is 0.387 e. The minimum absolute atomic E-state index is 0.0313. The molecule has 104 valence electrons. The Balaban J connectivity index is 2.15. The van der Waals surface area contributed by atoms with Crippen molar-refractivity contribution in [3.05, 3.63) is 45.2 Å². The molecule has 0 saturated heterocycles. The van der Waals surface area contributed by atoms with Gasteiger partial charge in [-0.05, 0) is 25.1 Å². The first-order valence-corrected chi connectivity index (χ1v) is 6.12. The molecule has 0 aliphatic heterocycles. The number of hydrogen-bond acceptors (Lipinski definition) is 5. The number of amidine groups is 1. The molecular weight excluding hydrogens is 305 g/mol. The number of carbonyl (C=O) groups is 1. The number of aromatic nitrogens is 3. The molecule has 0 amide bonds. The van der Waals surface area contributed by atoms with Gasteiger partial charge in [-0.3, -0.25) is 0 Å². The van der Waals surface area contributed by atoms with Crippen molar-refractivity contribution in [2.45, 2.75) is 6.92 Å². The predicted molar refractivity (Wildman–Crippen MR) is 73.7 cm³/mol. The van der Waals surface area contributed by atoms with Crippen LogP contribution in [0.1, 0.15) is 21.7 Å². The summed E-state index contributed by atoms with van der Waals surface area (Å²) in [6.07, 6.45) is 0. The zero-order chi connectivity index (χ0) is 14.7. The Labute approximate surface area is 123 Å². The Morgan fingerprint density at radius 2 is 2.15 bits per heavy atom. The van der Waals surface area contributed by atoms with Crippen LogP contribution in [0.15, 0.2) is 23.4 Å². The Morgan fingerprint density at radius 3 is 2.75 bits per heavy atom. The van der Waals surface area contributed by atoms with E-state index in [1.54, 1.807) is 19.1 Å². The van der Waals surface area contributed by atoms with Crippen LogP contribution in [0.25, 0.3) is 0 Å². The average Bonchev–Trinajstić information content (AvgIpc) is 2.82. The van der Waals surface area contributed by atoms with Crippen molar-refractivity contribution in [2.75, 3.05) is 0 Å². The van der Waals surface area contributed by atoms with Crippen LogP contribution in [-0.2, 0) is 4.84 Å². The molecule has 0 atom stereocenters. The van der Waals surface area contributed by atoms with E-state index in [0.29, 0.717) is 21.3 Å². The highest BCUT2D eigenvalue weighted by molar-refractivity contribution is 6.36. The molecule has 9 heteroatoms. The minimum atomic E-state index is -0.774. The first-order valence-electron chi connectivity index (χ1n) is 5.36. The van der Waals surface area contributed by atoms with Gasteiger partial charge in [-0.2, -0.15) is 10.3 Å². The van der Waals surface area contributed by atoms with Crippen LogP contribution in [0.5, 0.6) is 0 Å². The van der Waals surface area contributed by atoms with Crippen molar-refractivity contribution in [1.82, 2.24) is 15.4 Å². The van der Waals surface area contributed by atoms with Crippen molar-refractivity contribution < 1.29 is 9.63 Å². The molecule has 1 heterocycles. The number of halogens is 2. The van der Waals surface area contributed by atoms with Crippen LogP contribution >= 0.6 is 23.2 Å². The van der Waals surface area contributed by atoms with Gasteiger partial charge in [0, 0.05) is 10.6 Å². The van der Waals surface area contributed by atoms with E-state index in [2.05, 4.69) is 25.4 Å². The summed E-state index contributed by atoms with van der Waals surface area (Å²) >= 11 is 11.7. The van der Waals surface area contributed by atoms with Gasteiger partial charge in [-0.1, -0.05) is 28.4 Å². The third kappa shape index (κ3) is 3.06. The van der Waals surface area contributed by atoms with E-state index in [1.165, 1.54) is 6.07 Å². The number of nitrogens with zero attached hydrogens (tertiary/aromatic N) is 3. The summed E-state index contributed by atoms with van der Waals surface area (Å²) in [4.78, 5) is 16.3. The van der Waals surface area contributed by atoms with E-state index in [9.17, 15) is 4.79 Å². The standard InChI is InChI=1S/C11H9Cl2N5O2/c1-5-9(16-18-15-5)11(19)20-17-10(14)7-3-2-6(12)4-8(7)13/h2-4H,1H3,(H2,14,17)(H,15,16,18). The SMILES string of the molecule is Cc1n[nH]nc1C(=O)O/N=C(\N)c1ccc(Cl)cc1Cl. The van der Waals surface area contributed by atoms with E-state index >= 15 is 0 Å². The van der Waals surface area contributed by atoms with Gasteiger partial charge in [0.1, 0.15) is 0 Å². The Bertz CT molecular complexity index is 683. The zero-order valence-electron chi connectivity index (χ0n) is 10.2. The second-order valence-electron chi connectivity index (χ2n) is 3.74. The highest BCUT2D eigenvalue weighted by Crippen LogP contribution is 2.20. The molecule has 20 heavy (non-hydrogen) atoms. The Kier molecular flexibility index (Phi) is 4.21. The molecule has 0 fully saturated rings. The second kappa shape index (κ2) is 5.89. The molecule has 3 N–H and O–H groups in total. The number of hydrogen-bond donors (Lipinski definition) is 2. The van der Waals surface area contributed by atoms with Crippen molar-refractivity contribution >= 4 is 35.0 Å². The maximum absolute atomic E-state index is 11.6. The molecular formula is C11H9Cl2N5O2. The van der Waals surface area contributed by atoms with Gasteiger partial charge in [0.15, 0.2) is 11.5 Å². The van der Waals surface area contributed by atoms with Gasteiger partial charge in [-0.25, -0.2) is 4.79 Å². The molecule has 0 aliphatic carbocycles. The van der Waals surface area contributed by atoms with Crippen molar-refractivity contribution in [3.8, 4) is 0 Å². The monoisotopic (exact) mass is 313 g/mol. The second-order valence-corrected chi connectivity index (χ2v) is 4.58. The smallest absolute Gasteiger partial charge is 0.380 e. The lowest BCUT2D eigenvalue weighted by Gasteiger charge is -2.03. The number of benzene rings is 1. The van der Waals surface area contributed by atoms with Crippen LogP contribution in [0.3, 0.4) is 0 Å². The lowest BCUT2D eigenvalue weighted by Crippen LogP contribution is -2.16. The number of aryl methyl sites for hydroxylation is 1. The average molecular weight is 314 g/mol. The molecule has 0 bridgehead atoms. The number of H-pyrrole nitrogens is 1. The topological polar surface area (TPSA) is 106 Å². The molecule has 1 aromatic heterocycles. The number of nitrogens with two attached hydrogens (primary N) is 1. The van der Waals surface area contributed by atoms with E-state index in [4.69, 9.17) is 28.9 Å². The maximum Gasteiger partial charge on any atom is 0.387 e. The first kappa shape index (κ1) is 14.3. The fourth-order valence-electron chi connectivity index (χ4n) is 1.36. The lowest BCUT2D eigenvalue weighted by molar-refractivity contribution is 0.0508. The van der Waals surface area contributed by atoms with E-state index in [1.807, 2.05) is 0 Å². The summed E-state index contributed by atoms with van der Waals surface area (Å²) in [6.45, 7) is 1.60. The lowest BCUT2D eigenvalue weighted by atomic mass is 10.2. The van der Waals surface area contributed by atoms with Gasteiger partial charge < -0.3 is 10.6 Å². The predicted octanol–water partition coefficient (Wildman–Crippen LogP) is 1.90. The van der Waals surface area contributed by atoms with E-state index < -0.39 is 5.97 Å². The van der Waals surface area contributed by atoms with Crippen LogP contribution < -0.4 is 5.73 Å².